The van der Waals surface area contributed by atoms with Crippen LogP contribution in [0.5, 0.6) is 0 Å². The first-order valence-corrected chi connectivity index (χ1v) is 8.52. The zero-order chi connectivity index (χ0) is 14.7. The summed E-state index contributed by atoms with van der Waals surface area (Å²) in [6.45, 7) is 4.75. The van der Waals surface area contributed by atoms with Gasteiger partial charge in [-0.1, -0.05) is 22.0 Å². The molecule has 0 saturated heterocycles. The molecule has 0 fully saturated rings. The summed E-state index contributed by atoms with van der Waals surface area (Å²) in [7, 11) is 0. The largest absolute Gasteiger partial charge is 0.335 e. The normalized spacial score (nSPS) is 11.2. The van der Waals surface area contributed by atoms with Gasteiger partial charge in [0.1, 0.15) is 5.82 Å². The summed E-state index contributed by atoms with van der Waals surface area (Å²) in [5.41, 5.74) is 0. The molecule has 0 radical (unpaired) electrons. The summed E-state index contributed by atoms with van der Waals surface area (Å²) in [6, 6.07) is 6.63. The summed E-state index contributed by atoms with van der Waals surface area (Å²) < 4.78 is 14.0. The third kappa shape index (κ3) is 3.38. The minimum Gasteiger partial charge on any atom is -0.335 e. The lowest BCUT2D eigenvalue weighted by Gasteiger charge is -2.25. The van der Waals surface area contributed by atoms with Crippen LogP contribution in [0.2, 0.25) is 0 Å². The summed E-state index contributed by atoms with van der Waals surface area (Å²) in [6.07, 6.45) is 0.920. The fourth-order valence-electron chi connectivity index (χ4n) is 2.08. The fraction of sp³-hybridized carbons (Fsp3) is 0.400. The quantitative estimate of drug-likeness (QED) is 0.711. The zero-order valence-corrected chi connectivity index (χ0v) is 13.9. The number of benzene rings is 1. The van der Waals surface area contributed by atoms with E-state index in [1.807, 2.05) is 24.8 Å². The van der Waals surface area contributed by atoms with Crippen LogP contribution in [0.1, 0.15) is 29.9 Å². The molecular weight excluding hydrogens is 341 g/mol. The number of halogens is 2. The van der Waals surface area contributed by atoms with Crippen molar-refractivity contribution in [1.29, 1.82) is 0 Å². The van der Waals surface area contributed by atoms with E-state index < -0.39 is 0 Å². The Labute approximate surface area is 130 Å². The summed E-state index contributed by atoms with van der Waals surface area (Å²) in [4.78, 5) is 15.1. The number of carbonyl (C=O) groups is 1. The fourth-order valence-corrected chi connectivity index (χ4v) is 3.37. The molecule has 0 aliphatic carbocycles. The minimum atomic E-state index is -0.265. The van der Waals surface area contributed by atoms with E-state index in [1.54, 1.807) is 6.07 Å². The maximum absolute atomic E-state index is 13.2. The van der Waals surface area contributed by atoms with Crippen LogP contribution in [0, 0.1) is 5.82 Å². The molecule has 2 nitrogen and oxygen atoms in total. The third-order valence-electron chi connectivity index (χ3n) is 3.11. The van der Waals surface area contributed by atoms with E-state index in [0.29, 0.717) is 4.88 Å². The Morgan fingerprint density at radius 1 is 1.40 bits per heavy atom. The lowest BCUT2D eigenvalue weighted by molar-refractivity contribution is 0.0712. The van der Waals surface area contributed by atoms with Crippen molar-refractivity contribution >= 4 is 43.3 Å². The number of alkyl halides is 1. The van der Waals surface area contributed by atoms with Gasteiger partial charge in [0.2, 0.25) is 0 Å². The first kappa shape index (κ1) is 15.4. The summed E-state index contributed by atoms with van der Waals surface area (Å²) in [5, 5.41) is 1.80. The number of fused-ring (bicyclic) bond motifs is 1. The summed E-state index contributed by atoms with van der Waals surface area (Å²) >= 11 is 4.75. The van der Waals surface area contributed by atoms with Gasteiger partial charge in [-0.2, -0.15) is 0 Å². The number of hydrogen-bond acceptors (Lipinski definition) is 2. The molecule has 0 unspecified atom stereocenters. The lowest BCUT2D eigenvalue weighted by atomic mass is 10.2. The van der Waals surface area contributed by atoms with Crippen LogP contribution >= 0.6 is 27.3 Å². The maximum Gasteiger partial charge on any atom is 0.264 e. The second kappa shape index (κ2) is 6.68. The van der Waals surface area contributed by atoms with Crippen molar-refractivity contribution in [1.82, 2.24) is 4.90 Å². The number of hydrogen-bond donors (Lipinski definition) is 0. The van der Waals surface area contributed by atoms with Crippen molar-refractivity contribution in [3.63, 3.8) is 0 Å². The molecule has 2 rings (SSSR count). The third-order valence-corrected chi connectivity index (χ3v) is 4.76. The Morgan fingerprint density at radius 2 is 2.15 bits per heavy atom. The summed E-state index contributed by atoms with van der Waals surface area (Å²) in [5.74, 6) is -0.235. The molecule has 0 aliphatic heterocycles. The smallest absolute Gasteiger partial charge is 0.264 e. The van der Waals surface area contributed by atoms with Crippen LogP contribution in [0.4, 0.5) is 4.39 Å². The Kier molecular flexibility index (Phi) is 5.16. The molecule has 0 atom stereocenters. The molecule has 108 valence electrons. The standard InChI is InChI=1S/C15H17BrFNOS/c1-10(2)18(7-3-6-16)15(19)14-8-11-4-5-12(17)9-13(11)20-14/h4-5,8-10H,3,6-7H2,1-2H3. The van der Waals surface area contributed by atoms with Gasteiger partial charge < -0.3 is 4.90 Å². The van der Waals surface area contributed by atoms with Crippen molar-refractivity contribution in [3.8, 4) is 0 Å². The Balaban J connectivity index is 2.28. The number of thiophene rings is 1. The van der Waals surface area contributed by atoms with E-state index in [1.165, 1.54) is 23.5 Å². The van der Waals surface area contributed by atoms with Gasteiger partial charge in [0.05, 0.1) is 4.88 Å². The second-order valence-corrected chi connectivity index (χ2v) is 6.80. The molecule has 0 spiro atoms. The predicted octanol–water partition coefficient (Wildman–Crippen LogP) is 4.68. The van der Waals surface area contributed by atoms with Crippen molar-refractivity contribution in [2.24, 2.45) is 0 Å². The van der Waals surface area contributed by atoms with Crippen LogP contribution in [0.3, 0.4) is 0 Å². The van der Waals surface area contributed by atoms with Gasteiger partial charge in [-0.15, -0.1) is 11.3 Å². The maximum atomic E-state index is 13.2. The van der Waals surface area contributed by atoms with E-state index in [2.05, 4.69) is 15.9 Å². The monoisotopic (exact) mass is 357 g/mol. The van der Waals surface area contributed by atoms with E-state index in [0.717, 1.165) is 28.4 Å². The van der Waals surface area contributed by atoms with Crippen LogP contribution in [-0.4, -0.2) is 28.7 Å². The van der Waals surface area contributed by atoms with E-state index in [4.69, 9.17) is 0 Å². The average molecular weight is 358 g/mol. The van der Waals surface area contributed by atoms with Crippen LogP contribution in [0.15, 0.2) is 24.3 Å². The Bertz CT molecular complexity index is 611. The van der Waals surface area contributed by atoms with Crippen LogP contribution in [-0.2, 0) is 0 Å². The number of rotatable bonds is 5. The number of amides is 1. The molecule has 1 heterocycles. The Hall–Kier alpha value is -0.940. The highest BCUT2D eigenvalue weighted by Gasteiger charge is 2.20. The van der Waals surface area contributed by atoms with Gasteiger partial charge >= 0.3 is 0 Å². The highest BCUT2D eigenvalue weighted by atomic mass is 79.9. The first-order valence-electron chi connectivity index (χ1n) is 6.59. The highest BCUT2D eigenvalue weighted by molar-refractivity contribution is 9.09. The predicted molar refractivity (Wildman–Crippen MR) is 86.4 cm³/mol. The van der Waals surface area contributed by atoms with Gasteiger partial charge in [0.25, 0.3) is 5.91 Å². The van der Waals surface area contributed by atoms with Gasteiger partial charge in [-0.3, -0.25) is 4.79 Å². The molecule has 0 aliphatic rings. The molecule has 1 amide bonds. The molecule has 2 aromatic rings. The average Bonchev–Trinajstić information content (AvgIpc) is 2.81. The number of nitrogens with zero attached hydrogens (tertiary/aromatic N) is 1. The van der Waals surface area contributed by atoms with Gasteiger partial charge in [0.15, 0.2) is 0 Å². The molecule has 1 aromatic carbocycles. The molecule has 1 aromatic heterocycles. The van der Waals surface area contributed by atoms with Crippen molar-refractivity contribution in [2.75, 3.05) is 11.9 Å². The Morgan fingerprint density at radius 3 is 2.80 bits per heavy atom. The highest BCUT2D eigenvalue weighted by Crippen LogP contribution is 2.27. The topological polar surface area (TPSA) is 20.3 Å². The second-order valence-electron chi connectivity index (χ2n) is 4.93. The molecule has 0 bridgehead atoms. The van der Waals surface area contributed by atoms with E-state index >= 15 is 0 Å². The van der Waals surface area contributed by atoms with Crippen molar-refractivity contribution in [2.45, 2.75) is 26.3 Å². The van der Waals surface area contributed by atoms with Crippen LogP contribution in [0.25, 0.3) is 10.1 Å². The van der Waals surface area contributed by atoms with Gasteiger partial charge in [-0.05, 0) is 43.9 Å². The van der Waals surface area contributed by atoms with Gasteiger partial charge in [0, 0.05) is 22.6 Å². The van der Waals surface area contributed by atoms with E-state index in [-0.39, 0.29) is 17.8 Å². The van der Waals surface area contributed by atoms with Crippen LogP contribution < -0.4 is 0 Å². The molecule has 0 N–H and O–H groups in total. The zero-order valence-electron chi connectivity index (χ0n) is 11.5. The molecular formula is C15H17BrFNOS. The molecule has 0 saturated carbocycles. The molecule has 20 heavy (non-hydrogen) atoms. The number of carbonyl (C=O) groups excluding carboxylic acids is 1. The van der Waals surface area contributed by atoms with Crippen molar-refractivity contribution in [3.05, 3.63) is 35.0 Å². The minimum absolute atomic E-state index is 0.0301. The lowest BCUT2D eigenvalue weighted by Crippen LogP contribution is -2.37. The first-order chi connectivity index (χ1) is 9.52. The van der Waals surface area contributed by atoms with Gasteiger partial charge in [-0.25, -0.2) is 4.39 Å². The van der Waals surface area contributed by atoms with Crippen molar-refractivity contribution < 1.29 is 9.18 Å². The van der Waals surface area contributed by atoms with E-state index in [9.17, 15) is 9.18 Å². The molecule has 5 heteroatoms. The SMILES string of the molecule is CC(C)N(CCCBr)C(=O)c1cc2ccc(F)cc2s1.